The summed E-state index contributed by atoms with van der Waals surface area (Å²) in [6.45, 7) is 0.451. The van der Waals surface area contributed by atoms with E-state index in [1.54, 1.807) is 12.1 Å². The molecule has 4 N–H and O–H groups in total. The van der Waals surface area contributed by atoms with Crippen LogP contribution in [0, 0.1) is 0 Å². The Morgan fingerprint density at radius 3 is 3.06 bits per heavy atom. The highest BCUT2D eigenvalue weighted by Gasteiger charge is 2.10. The van der Waals surface area contributed by atoms with E-state index in [1.165, 1.54) is 0 Å². The maximum absolute atomic E-state index is 11.5. The van der Waals surface area contributed by atoms with Gasteiger partial charge < -0.3 is 15.5 Å². The molecule has 2 aromatic rings. The Morgan fingerprint density at radius 2 is 2.44 bits per heavy atom. The van der Waals surface area contributed by atoms with Crippen LogP contribution in [0.25, 0.3) is 0 Å². The Kier molecular flexibility index (Phi) is 2.92. The molecule has 2 heterocycles. The Labute approximate surface area is 90.2 Å². The van der Waals surface area contributed by atoms with Crippen molar-refractivity contribution < 1.29 is 9.21 Å². The molecule has 2 aromatic heterocycles. The second-order valence-corrected chi connectivity index (χ2v) is 2.98. The van der Waals surface area contributed by atoms with E-state index in [4.69, 9.17) is 10.2 Å². The van der Waals surface area contributed by atoms with E-state index in [0.29, 0.717) is 11.6 Å². The molecule has 0 saturated carbocycles. The molecule has 0 aromatic carbocycles. The summed E-state index contributed by atoms with van der Waals surface area (Å²) in [5.74, 6) is 0.831. The number of hydrogen-bond acceptors (Lipinski definition) is 6. The van der Waals surface area contributed by atoms with Crippen LogP contribution in [-0.2, 0) is 13.1 Å². The highest BCUT2D eigenvalue weighted by molar-refractivity contribution is 5.91. The number of amides is 1. The number of hydrogen-bond donors (Lipinski definition) is 3. The maximum atomic E-state index is 11.5. The predicted molar refractivity (Wildman–Crippen MR) is 51.9 cm³/mol. The molecule has 0 aliphatic carbocycles. The first-order valence-electron chi connectivity index (χ1n) is 4.59. The highest BCUT2D eigenvalue weighted by atomic mass is 16.4. The summed E-state index contributed by atoms with van der Waals surface area (Å²) in [5, 5.41) is 15.6. The van der Waals surface area contributed by atoms with Crippen molar-refractivity contribution in [1.82, 2.24) is 25.9 Å². The number of tetrazole rings is 1. The van der Waals surface area contributed by atoms with Crippen LogP contribution < -0.4 is 11.1 Å². The Morgan fingerprint density at radius 1 is 1.56 bits per heavy atom. The molecule has 1 amide bonds. The zero-order chi connectivity index (χ0) is 11.4. The average Bonchev–Trinajstić information content (AvgIpc) is 2.96. The minimum absolute atomic E-state index is 0.188. The van der Waals surface area contributed by atoms with Crippen LogP contribution in [0.5, 0.6) is 0 Å². The number of carbonyl (C=O) groups excluding carboxylic acids is 1. The van der Waals surface area contributed by atoms with E-state index in [2.05, 4.69) is 25.9 Å². The molecule has 84 valence electrons. The molecule has 0 radical (unpaired) electrons. The number of rotatable bonds is 4. The zero-order valence-corrected chi connectivity index (χ0v) is 8.30. The smallest absolute Gasteiger partial charge is 0.287 e. The molecule has 0 saturated heterocycles. The van der Waals surface area contributed by atoms with Gasteiger partial charge in [0.25, 0.3) is 5.91 Å². The summed E-state index contributed by atoms with van der Waals surface area (Å²) in [4.78, 5) is 11.5. The van der Waals surface area contributed by atoms with E-state index >= 15 is 0 Å². The molecule has 16 heavy (non-hydrogen) atoms. The van der Waals surface area contributed by atoms with Gasteiger partial charge in [-0.2, -0.15) is 5.21 Å². The van der Waals surface area contributed by atoms with Crippen molar-refractivity contribution in [2.24, 2.45) is 5.73 Å². The molecule has 8 heteroatoms. The van der Waals surface area contributed by atoms with Crippen molar-refractivity contribution in [3.63, 3.8) is 0 Å². The molecule has 0 fully saturated rings. The van der Waals surface area contributed by atoms with E-state index in [0.717, 1.165) is 0 Å². The highest BCUT2D eigenvalue weighted by Crippen LogP contribution is 2.06. The summed E-state index contributed by atoms with van der Waals surface area (Å²) in [7, 11) is 0. The number of aromatic nitrogens is 4. The lowest BCUT2D eigenvalue weighted by molar-refractivity contribution is 0.0920. The van der Waals surface area contributed by atoms with Gasteiger partial charge in [0.2, 0.25) is 0 Å². The van der Waals surface area contributed by atoms with E-state index in [1.807, 2.05) is 0 Å². The summed E-state index contributed by atoms with van der Waals surface area (Å²) in [6.07, 6.45) is 0. The molecule has 2 rings (SSSR count). The summed E-state index contributed by atoms with van der Waals surface area (Å²) >= 11 is 0. The van der Waals surface area contributed by atoms with E-state index < -0.39 is 0 Å². The van der Waals surface area contributed by atoms with Gasteiger partial charge >= 0.3 is 0 Å². The fourth-order valence-electron chi connectivity index (χ4n) is 1.11. The topological polar surface area (TPSA) is 123 Å². The molecule has 0 aliphatic heterocycles. The zero-order valence-electron chi connectivity index (χ0n) is 8.30. The van der Waals surface area contributed by atoms with Crippen molar-refractivity contribution in [1.29, 1.82) is 0 Å². The summed E-state index contributed by atoms with van der Waals surface area (Å²) in [6, 6.07) is 3.22. The van der Waals surface area contributed by atoms with Gasteiger partial charge in [0.15, 0.2) is 11.6 Å². The van der Waals surface area contributed by atoms with Crippen LogP contribution in [-0.4, -0.2) is 26.5 Å². The number of carbonyl (C=O) groups is 1. The van der Waals surface area contributed by atoms with Gasteiger partial charge in [0.05, 0.1) is 13.1 Å². The predicted octanol–water partition coefficient (Wildman–Crippen LogP) is -0.819. The molecular weight excluding hydrogens is 212 g/mol. The first-order valence-corrected chi connectivity index (χ1v) is 4.59. The van der Waals surface area contributed by atoms with Crippen molar-refractivity contribution in [3.05, 3.63) is 29.5 Å². The minimum atomic E-state index is -0.343. The monoisotopic (exact) mass is 222 g/mol. The Balaban J connectivity index is 1.93. The van der Waals surface area contributed by atoms with Crippen molar-refractivity contribution in [2.45, 2.75) is 13.1 Å². The van der Waals surface area contributed by atoms with Gasteiger partial charge in [-0.3, -0.25) is 4.79 Å². The van der Waals surface area contributed by atoms with Crippen LogP contribution in [0.4, 0.5) is 0 Å². The van der Waals surface area contributed by atoms with Crippen molar-refractivity contribution >= 4 is 5.91 Å². The lowest BCUT2D eigenvalue weighted by atomic mass is 10.4. The molecule has 0 unspecified atom stereocenters. The summed E-state index contributed by atoms with van der Waals surface area (Å²) < 4.78 is 5.16. The SMILES string of the molecule is NCc1ccc(C(=O)NCc2nn[nH]n2)o1. The van der Waals surface area contributed by atoms with Gasteiger partial charge in [-0.15, -0.1) is 10.2 Å². The molecule has 0 bridgehead atoms. The largest absolute Gasteiger partial charge is 0.455 e. The third kappa shape index (κ3) is 2.23. The lowest BCUT2D eigenvalue weighted by Gasteiger charge is -1.98. The normalized spacial score (nSPS) is 10.3. The summed E-state index contributed by atoms with van der Waals surface area (Å²) in [5.41, 5.74) is 5.36. The number of nitrogens with two attached hydrogens (primary N) is 1. The molecule has 0 aliphatic rings. The standard InChI is InChI=1S/C8H10N6O2/c9-3-5-1-2-6(16-5)8(15)10-4-7-11-13-14-12-7/h1-2H,3-4,9H2,(H,10,15)(H,11,12,13,14). The number of aromatic amines is 1. The number of nitrogens with one attached hydrogen (secondary N) is 2. The van der Waals surface area contributed by atoms with Crippen LogP contribution >= 0.6 is 0 Å². The molecular formula is C8H10N6O2. The third-order valence-electron chi connectivity index (χ3n) is 1.88. The van der Waals surface area contributed by atoms with E-state index in [-0.39, 0.29) is 24.8 Å². The van der Waals surface area contributed by atoms with Crippen molar-refractivity contribution in [2.75, 3.05) is 0 Å². The van der Waals surface area contributed by atoms with E-state index in [9.17, 15) is 4.79 Å². The lowest BCUT2D eigenvalue weighted by Crippen LogP contribution is -2.22. The first kappa shape index (κ1) is 10.3. The fraction of sp³-hybridized carbons (Fsp3) is 0.250. The fourth-order valence-corrected chi connectivity index (χ4v) is 1.11. The third-order valence-corrected chi connectivity index (χ3v) is 1.88. The van der Waals surface area contributed by atoms with Gasteiger partial charge in [-0.05, 0) is 12.1 Å². The van der Waals surface area contributed by atoms with Crippen LogP contribution in [0.3, 0.4) is 0 Å². The Hall–Kier alpha value is -2.22. The first-order chi connectivity index (χ1) is 7.79. The van der Waals surface area contributed by atoms with Crippen LogP contribution in [0.2, 0.25) is 0 Å². The maximum Gasteiger partial charge on any atom is 0.287 e. The number of nitrogens with zero attached hydrogens (tertiary/aromatic N) is 3. The Bertz CT molecular complexity index is 463. The van der Waals surface area contributed by atoms with Crippen LogP contribution in [0.15, 0.2) is 16.5 Å². The van der Waals surface area contributed by atoms with Gasteiger partial charge in [0.1, 0.15) is 5.76 Å². The van der Waals surface area contributed by atoms with Crippen LogP contribution in [0.1, 0.15) is 22.1 Å². The quantitative estimate of drug-likeness (QED) is 0.621. The van der Waals surface area contributed by atoms with Crippen molar-refractivity contribution in [3.8, 4) is 0 Å². The molecule has 8 nitrogen and oxygen atoms in total. The molecule has 0 spiro atoms. The second kappa shape index (κ2) is 4.53. The van der Waals surface area contributed by atoms with Gasteiger partial charge in [0, 0.05) is 0 Å². The average molecular weight is 222 g/mol. The van der Waals surface area contributed by atoms with Gasteiger partial charge in [-0.1, -0.05) is 5.21 Å². The number of H-pyrrole nitrogens is 1. The molecule has 0 atom stereocenters. The van der Waals surface area contributed by atoms with Gasteiger partial charge in [-0.25, -0.2) is 0 Å². The number of furan rings is 1. The minimum Gasteiger partial charge on any atom is -0.455 e. The second-order valence-electron chi connectivity index (χ2n) is 2.98.